The van der Waals surface area contributed by atoms with Gasteiger partial charge in [0.15, 0.2) is 0 Å². The van der Waals surface area contributed by atoms with E-state index in [0.717, 1.165) is 25.7 Å². The molecule has 4 unspecified atom stereocenters. The lowest BCUT2D eigenvalue weighted by Crippen LogP contribution is -2.37. The maximum Gasteiger partial charge on any atom is 0.223 e. The van der Waals surface area contributed by atoms with Crippen LogP contribution in [0.15, 0.2) is 0 Å². The molecule has 4 atom stereocenters. The van der Waals surface area contributed by atoms with Crippen LogP contribution in [0, 0.1) is 17.8 Å². The third-order valence-corrected chi connectivity index (χ3v) is 3.85. The van der Waals surface area contributed by atoms with E-state index in [4.69, 9.17) is 0 Å². The molecule has 2 rings (SSSR count). The van der Waals surface area contributed by atoms with E-state index < -0.39 is 0 Å². The van der Waals surface area contributed by atoms with Crippen molar-refractivity contribution in [1.29, 1.82) is 0 Å². The number of carbonyl (C=O) groups excluding carboxylic acids is 1. The Labute approximate surface area is 91.2 Å². The number of hydrogen-bond donors (Lipinski definition) is 2. The SMILES string of the molecule is CC1CC1C(=O)NCC1CCCCC1O. The first-order valence-corrected chi connectivity index (χ1v) is 6.14. The van der Waals surface area contributed by atoms with Gasteiger partial charge < -0.3 is 10.4 Å². The van der Waals surface area contributed by atoms with Gasteiger partial charge >= 0.3 is 0 Å². The third kappa shape index (κ3) is 2.71. The maximum atomic E-state index is 11.6. The molecule has 0 aliphatic heterocycles. The molecule has 0 heterocycles. The lowest BCUT2D eigenvalue weighted by atomic mass is 9.86. The minimum Gasteiger partial charge on any atom is -0.393 e. The van der Waals surface area contributed by atoms with Crippen molar-refractivity contribution in [1.82, 2.24) is 5.32 Å². The maximum absolute atomic E-state index is 11.6. The number of amides is 1. The predicted octanol–water partition coefficient (Wildman–Crippen LogP) is 1.31. The van der Waals surface area contributed by atoms with Gasteiger partial charge in [-0.25, -0.2) is 0 Å². The quantitative estimate of drug-likeness (QED) is 0.739. The van der Waals surface area contributed by atoms with Gasteiger partial charge in [0.1, 0.15) is 0 Å². The Bertz CT molecular complexity index is 242. The molecular formula is C12H21NO2. The van der Waals surface area contributed by atoms with E-state index in [1.54, 1.807) is 0 Å². The second-order valence-electron chi connectivity index (χ2n) is 5.18. The summed E-state index contributed by atoms with van der Waals surface area (Å²) in [6.07, 6.45) is 5.12. The Balaban J connectivity index is 1.70. The summed E-state index contributed by atoms with van der Waals surface area (Å²) in [5.74, 6) is 1.31. The number of aliphatic hydroxyl groups excluding tert-OH is 1. The van der Waals surface area contributed by atoms with E-state index >= 15 is 0 Å². The van der Waals surface area contributed by atoms with Gasteiger partial charge in [0, 0.05) is 18.4 Å². The molecule has 0 saturated heterocycles. The van der Waals surface area contributed by atoms with Gasteiger partial charge in [0.05, 0.1) is 6.10 Å². The van der Waals surface area contributed by atoms with Crippen LogP contribution in [0.1, 0.15) is 39.0 Å². The summed E-state index contributed by atoms with van der Waals surface area (Å²) in [7, 11) is 0. The normalized spacial score (nSPS) is 39.9. The molecule has 2 aliphatic carbocycles. The molecule has 0 aromatic rings. The van der Waals surface area contributed by atoms with Crippen LogP contribution in [-0.4, -0.2) is 23.7 Å². The van der Waals surface area contributed by atoms with Gasteiger partial charge in [-0.3, -0.25) is 4.79 Å². The fraction of sp³-hybridized carbons (Fsp3) is 0.917. The highest BCUT2D eigenvalue weighted by molar-refractivity contribution is 5.81. The molecule has 2 fully saturated rings. The Morgan fingerprint density at radius 2 is 2.07 bits per heavy atom. The summed E-state index contributed by atoms with van der Waals surface area (Å²) in [5, 5.41) is 12.7. The van der Waals surface area contributed by atoms with Gasteiger partial charge in [0.2, 0.25) is 5.91 Å². The molecule has 0 aromatic carbocycles. The lowest BCUT2D eigenvalue weighted by molar-refractivity contribution is -0.123. The van der Waals surface area contributed by atoms with Crippen molar-refractivity contribution in [2.75, 3.05) is 6.54 Å². The summed E-state index contributed by atoms with van der Waals surface area (Å²) < 4.78 is 0. The highest BCUT2D eigenvalue weighted by Crippen LogP contribution is 2.37. The summed E-state index contributed by atoms with van der Waals surface area (Å²) in [6.45, 7) is 2.78. The number of aliphatic hydroxyl groups is 1. The Morgan fingerprint density at radius 1 is 1.40 bits per heavy atom. The summed E-state index contributed by atoms with van der Waals surface area (Å²) in [4.78, 5) is 11.6. The van der Waals surface area contributed by atoms with E-state index in [2.05, 4.69) is 12.2 Å². The molecule has 15 heavy (non-hydrogen) atoms. The van der Waals surface area contributed by atoms with E-state index in [-0.39, 0.29) is 23.8 Å². The van der Waals surface area contributed by atoms with Crippen LogP contribution >= 0.6 is 0 Å². The van der Waals surface area contributed by atoms with Gasteiger partial charge in [-0.15, -0.1) is 0 Å². The molecule has 2 N–H and O–H groups in total. The Hall–Kier alpha value is -0.570. The van der Waals surface area contributed by atoms with E-state index in [1.165, 1.54) is 6.42 Å². The molecule has 3 heteroatoms. The largest absolute Gasteiger partial charge is 0.393 e. The number of hydrogen-bond acceptors (Lipinski definition) is 2. The average molecular weight is 211 g/mol. The number of carbonyl (C=O) groups is 1. The summed E-state index contributed by atoms with van der Waals surface area (Å²) in [5.41, 5.74) is 0. The average Bonchev–Trinajstić information content (AvgIpc) is 2.94. The first-order valence-electron chi connectivity index (χ1n) is 6.14. The molecule has 86 valence electrons. The van der Waals surface area contributed by atoms with E-state index in [9.17, 15) is 9.90 Å². The van der Waals surface area contributed by atoms with Crippen LogP contribution in [-0.2, 0) is 4.79 Å². The molecule has 2 aliphatic rings. The minimum atomic E-state index is -0.198. The van der Waals surface area contributed by atoms with Crippen LogP contribution in [0.2, 0.25) is 0 Å². The van der Waals surface area contributed by atoms with E-state index in [0.29, 0.717) is 12.5 Å². The van der Waals surface area contributed by atoms with Gasteiger partial charge in [0.25, 0.3) is 0 Å². The summed E-state index contributed by atoms with van der Waals surface area (Å²) in [6, 6.07) is 0. The van der Waals surface area contributed by atoms with E-state index in [1.807, 2.05) is 0 Å². The molecule has 0 radical (unpaired) electrons. The van der Waals surface area contributed by atoms with Crippen LogP contribution in [0.5, 0.6) is 0 Å². The fourth-order valence-corrected chi connectivity index (χ4v) is 2.48. The highest BCUT2D eigenvalue weighted by Gasteiger charge is 2.39. The zero-order valence-electron chi connectivity index (χ0n) is 9.41. The summed E-state index contributed by atoms with van der Waals surface area (Å²) >= 11 is 0. The zero-order chi connectivity index (χ0) is 10.8. The minimum absolute atomic E-state index is 0.195. The van der Waals surface area contributed by atoms with Gasteiger partial charge in [-0.1, -0.05) is 19.8 Å². The first kappa shape index (κ1) is 10.9. The van der Waals surface area contributed by atoms with Crippen molar-refractivity contribution in [2.24, 2.45) is 17.8 Å². The third-order valence-electron chi connectivity index (χ3n) is 3.85. The predicted molar refractivity (Wildman–Crippen MR) is 58.2 cm³/mol. The number of rotatable bonds is 3. The molecule has 0 aromatic heterocycles. The van der Waals surface area contributed by atoms with Gasteiger partial charge in [-0.2, -0.15) is 0 Å². The Morgan fingerprint density at radius 3 is 2.67 bits per heavy atom. The van der Waals surface area contributed by atoms with Crippen molar-refractivity contribution in [3.05, 3.63) is 0 Å². The fourth-order valence-electron chi connectivity index (χ4n) is 2.48. The van der Waals surface area contributed by atoms with Crippen molar-refractivity contribution < 1.29 is 9.90 Å². The molecule has 2 saturated carbocycles. The van der Waals surface area contributed by atoms with Crippen LogP contribution < -0.4 is 5.32 Å². The van der Waals surface area contributed by atoms with Crippen LogP contribution in [0.25, 0.3) is 0 Å². The van der Waals surface area contributed by atoms with Crippen molar-refractivity contribution >= 4 is 5.91 Å². The number of nitrogens with one attached hydrogen (secondary N) is 1. The van der Waals surface area contributed by atoms with Crippen LogP contribution in [0.4, 0.5) is 0 Å². The molecule has 0 bridgehead atoms. The standard InChI is InChI=1S/C12H21NO2/c1-8-6-10(8)12(15)13-7-9-4-2-3-5-11(9)14/h8-11,14H,2-7H2,1H3,(H,13,15). The topological polar surface area (TPSA) is 49.3 Å². The van der Waals surface area contributed by atoms with Crippen LogP contribution in [0.3, 0.4) is 0 Å². The molecular weight excluding hydrogens is 190 g/mol. The smallest absolute Gasteiger partial charge is 0.223 e. The molecule has 0 spiro atoms. The van der Waals surface area contributed by atoms with Crippen molar-refractivity contribution in [2.45, 2.75) is 45.1 Å². The van der Waals surface area contributed by atoms with Crippen molar-refractivity contribution in [3.63, 3.8) is 0 Å². The second-order valence-corrected chi connectivity index (χ2v) is 5.18. The highest BCUT2D eigenvalue weighted by atomic mass is 16.3. The monoisotopic (exact) mass is 211 g/mol. The molecule has 3 nitrogen and oxygen atoms in total. The molecule has 1 amide bonds. The van der Waals surface area contributed by atoms with Gasteiger partial charge in [-0.05, 0) is 25.2 Å². The zero-order valence-corrected chi connectivity index (χ0v) is 9.41. The first-order chi connectivity index (χ1) is 7.18. The lowest BCUT2D eigenvalue weighted by Gasteiger charge is -2.27. The Kier molecular flexibility index (Phi) is 3.29. The second kappa shape index (κ2) is 4.52. The van der Waals surface area contributed by atoms with Crippen molar-refractivity contribution in [3.8, 4) is 0 Å².